The van der Waals surface area contributed by atoms with Crippen LogP contribution in [0.3, 0.4) is 0 Å². The molecule has 0 fully saturated rings. The first-order valence-corrected chi connectivity index (χ1v) is 16.7. The van der Waals surface area contributed by atoms with Crippen molar-refractivity contribution in [3.8, 4) is 22.3 Å². The van der Waals surface area contributed by atoms with Crippen LogP contribution in [0, 0.1) is 0 Å². The number of benzene rings is 4. The fourth-order valence-corrected chi connectivity index (χ4v) is 13.2. The predicted molar refractivity (Wildman–Crippen MR) is 139 cm³/mol. The Morgan fingerprint density at radius 3 is 1.13 bits per heavy atom. The molecular weight excluding hydrogens is 408 g/mol. The highest BCUT2D eigenvalue weighted by Crippen LogP contribution is 2.26. The van der Waals surface area contributed by atoms with Crippen molar-refractivity contribution in [3.05, 3.63) is 109 Å². The van der Waals surface area contributed by atoms with Crippen LogP contribution >= 0.6 is 0 Å². The van der Waals surface area contributed by atoms with Crippen LogP contribution in [0.15, 0.2) is 109 Å². The highest BCUT2D eigenvalue weighted by Gasteiger charge is 2.38. The van der Waals surface area contributed by atoms with Crippen LogP contribution in [0.25, 0.3) is 22.3 Å². The van der Waals surface area contributed by atoms with Crippen molar-refractivity contribution in [3.63, 3.8) is 0 Å². The van der Waals surface area contributed by atoms with E-state index in [1.54, 1.807) is 0 Å². The molecule has 0 aliphatic rings. The smallest absolute Gasteiger partial charge is 0.206 e. The summed E-state index contributed by atoms with van der Waals surface area (Å²) in [6.07, 6.45) is 0. The largest absolute Gasteiger partial charge is 0.449 e. The average molecular weight is 439 g/mol. The van der Waals surface area contributed by atoms with Gasteiger partial charge < -0.3 is 4.12 Å². The molecule has 3 heteroatoms. The van der Waals surface area contributed by atoms with Gasteiger partial charge in [0.1, 0.15) is 0 Å². The Labute approximate surface area is 188 Å². The van der Waals surface area contributed by atoms with Gasteiger partial charge in [0.15, 0.2) is 0 Å². The zero-order valence-electron chi connectivity index (χ0n) is 18.8. The van der Waals surface area contributed by atoms with Gasteiger partial charge in [-0.2, -0.15) is 0 Å². The maximum absolute atomic E-state index is 7.20. The highest BCUT2D eigenvalue weighted by atomic mass is 28.4. The quantitative estimate of drug-likeness (QED) is 0.310. The maximum atomic E-state index is 7.20. The molecule has 0 aliphatic carbocycles. The SMILES string of the molecule is C[Si](C)(O[Si](C)(C)c1ccccc1-c1ccccc1)c1ccccc1-c1ccccc1. The standard InChI is InChI=1S/C28H30OSi2/c1-30(2,27-21-13-11-19-25(27)23-15-7-5-8-16-23)29-31(3,4)28-22-14-12-20-26(28)24-17-9-6-10-18-24/h5-22H,1-4H3. The van der Waals surface area contributed by atoms with Crippen molar-refractivity contribution in [2.45, 2.75) is 26.2 Å². The molecule has 4 aromatic carbocycles. The Bertz CT molecular complexity index is 1060. The van der Waals surface area contributed by atoms with Crippen LogP contribution in [0.2, 0.25) is 26.2 Å². The van der Waals surface area contributed by atoms with Gasteiger partial charge in [-0.15, -0.1) is 0 Å². The Balaban J connectivity index is 1.74. The molecule has 0 saturated heterocycles. The summed E-state index contributed by atoms with van der Waals surface area (Å²) >= 11 is 0. The minimum absolute atomic E-state index is 1.26. The van der Waals surface area contributed by atoms with E-state index in [-0.39, 0.29) is 0 Å². The van der Waals surface area contributed by atoms with Gasteiger partial charge in [-0.3, -0.25) is 0 Å². The molecule has 31 heavy (non-hydrogen) atoms. The van der Waals surface area contributed by atoms with Crippen molar-refractivity contribution in [1.29, 1.82) is 0 Å². The third-order valence-electron chi connectivity index (χ3n) is 5.83. The summed E-state index contributed by atoms with van der Waals surface area (Å²) in [5, 5.41) is 2.72. The number of hydrogen-bond acceptors (Lipinski definition) is 1. The lowest BCUT2D eigenvalue weighted by Crippen LogP contribution is -2.58. The lowest BCUT2D eigenvalue weighted by atomic mass is 10.1. The maximum Gasteiger partial charge on any atom is 0.206 e. The van der Waals surface area contributed by atoms with E-state index in [1.807, 2.05) is 0 Å². The zero-order chi connectivity index (χ0) is 21.9. The first-order valence-electron chi connectivity index (χ1n) is 10.9. The minimum atomic E-state index is -2.19. The van der Waals surface area contributed by atoms with Crippen molar-refractivity contribution in [2.75, 3.05) is 0 Å². The van der Waals surface area contributed by atoms with Crippen LogP contribution in [0.4, 0.5) is 0 Å². The summed E-state index contributed by atoms with van der Waals surface area (Å²) in [5.41, 5.74) is 5.10. The molecule has 4 rings (SSSR count). The third kappa shape index (κ3) is 4.64. The van der Waals surface area contributed by atoms with Crippen LogP contribution in [0.1, 0.15) is 0 Å². The van der Waals surface area contributed by atoms with Crippen LogP contribution in [-0.2, 0) is 4.12 Å². The lowest BCUT2D eigenvalue weighted by molar-refractivity contribution is 0.573. The summed E-state index contributed by atoms with van der Waals surface area (Å²) in [7, 11) is -4.37. The molecule has 1 nitrogen and oxygen atoms in total. The van der Waals surface area contributed by atoms with Gasteiger partial charge in [0.05, 0.1) is 0 Å². The number of hydrogen-bond donors (Lipinski definition) is 0. The van der Waals surface area contributed by atoms with Crippen molar-refractivity contribution in [2.24, 2.45) is 0 Å². The van der Waals surface area contributed by atoms with Gasteiger partial charge in [0.2, 0.25) is 16.6 Å². The highest BCUT2D eigenvalue weighted by molar-refractivity contribution is 6.97. The Morgan fingerprint density at radius 1 is 0.419 bits per heavy atom. The lowest BCUT2D eigenvalue weighted by Gasteiger charge is -2.36. The molecule has 4 aromatic rings. The van der Waals surface area contributed by atoms with Gasteiger partial charge >= 0.3 is 0 Å². The van der Waals surface area contributed by atoms with Gasteiger partial charge in [-0.05, 0) is 58.8 Å². The fourth-order valence-electron chi connectivity index (χ4n) is 4.50. The van der Waals surface area contributed by atoms with Crippen LogP contribution < -0.4 is 10.4 Å². The topological polar surface area (TPSA) is 9.23 Å². The fraction of sp³-hybridized carbons (Fsp3) is 0.143. The Kier molecular flexibility index (Phi) is 6.10. The van der Waals surface area contributed by atoms with Gasteiger partial charge in [-0.25, -0.2) is 0 Å². The Hall–Kier alpha value is -2.73. The monoisotopic (exact) mass is 438 g/mol. The molecule has 0 bridgehead atoms. The minimum Gasteiger partial charge on any atom is -0.449 e. The first kappa shape index (κ1) is 21.5. The molecular formula is C28H30OSi2. The van der Waals surface area contributed by atoms with Gasteiger partial charge in [-0.1, -0.05) is 109 Å². The zero-order valence-corrected chi connectivity index (χ0v) is 20.8. The molecule has 156 valence electrons. The first-order chi connectivity index (χ1) is 14.9. The molecule has 0 aliphatic heterocycles. The summed E-state index contributed by atoms with van der Waals surface area (Å²) in [4.78, 5) is 0. The third-order valence-corrected chi connectivity index (χ3v) is 13.4. The summed E-state index contributed by atoms with van der Waals surface area (Å²) in [5.74, 6) is 0. The van der Waals surface area contributed by atoms with E-state index in [2.05, 4.69) is 135 Å². The predicted octanol–water partition coefficient (Wildman–Crippen LogP) is 6.56. The molecule has 0 aromatic heterocycles. The molecule has 0 unspecified atom stereocenters. The average Bonchev–Trinajstić information content (AvgIpc) is 2.80. The second kappa shape index (κ2) is 8.79. The van der Waals surface area contributed by atoms with E-state index in [0.29, 0.717) is 0 Å². The molecule has 0 heterocycles. The van der Waals surface area contributed by atoms with E-state index in [0.717, 1.165) is 0 Å². The second-order valence-electron chi connectivity index (χ2n) is 8.95. The molecule has 0 spiro atoms. The second-order valence-corrected chi connectivity index (χ2v) is 16.9. The summed E-state index contributed by atoms with van der Waals surface area (Å²) in [6, 6.07) is 38.9. The van der Waals surface area contributed by atoms with E-state index in [4.69, 9.17) is 4.12 Å². The Morgan fingerprint density at radius 2 is 0.742 bits per heavy atom. The van der Waals surface area contributed by atoms with E-state index < -0.39 is 16.6 Å². The van der Waals surface area contributed by atoms with Crippen LogP contribution in [-0.4, -0.2) is 16.6 Å². The van der Waals surface area contributed by atoms with Crippen LogP contribution in [0.5, 0.6) is 0 Å². The molecule has 0 N–H and O–H groups in total. The summed E-state index contributed by atoms with van der Waals surface area (Å²) < 4.78 is 7.20. The van der Waals surface area contributed by atoms with Gasteiger partial charge in [0, 0.05) is 0 Å². The van der Waals surface area contributed by atoms with Gasteiger partial charge in [0.25, 0.3) is 0 Å². The van der Waals surface area contributed by atoms with Crippen molar-refractivity contribution < 1.29 is 4.12 Å². The van der Waals surface area contributed by atoms with E-state index in [9.17, 15) is 0 Å². The molecule has 0 radical (unpaired) electrons. The van der Waals surface area contributed by atoms with Crippen molar-refractivity contribution >= 4 is 27.0 Å². The summed E-state index contributed by atoms with van der Waals surface area (Å²) in [6.45, 7) is 9.37. The van der Waals surface area contributed by atoms with E-state index in [1.165, 1.54) is 32.6 Å². The van der Waals surface area contributed by atoms with E-state index >= 15 is 0 Å². The normalized spacial score (nSPS) is 12.0. The molecule has 0 atom stereocenters. The number of rotatable bonds is 6. The molecule has 0 saturated carbocycles. The molecule has 0 amide bonds. The van der Waals surface area contributed by atoms with Crippen molar-refractivity contribution in [1.82, 2.24) is 0 Å².